The van der Waals surface area contributed by atoms with Crippen molar-refractivity contribution < 1.29 is 19.2 Å². The summed E-state index contributed by atoms with van der Waals surface area (Å²) in [6.07, 6.45) is -1.13. The van der Waals surface area contributed by atoms with Gasteiger partial charge in [-0.15, -0.1) is 0 Å². The monoisotopic (exact) mass is 516 g/mol. The van der Waals surface area contributed by atoms with Gasteiger partial charge in [-0.05, 0) is 67.9 Å². The van der Waals surface area contributed by atoms with Crippen LogP contribution in [0.15, 0.2) is 72.8 Å². The van der Waals surface area contributed by atoms with Crippen LogP contribution in [0, 0.1) is 5.82 Å². The summed E-state index contributed by atoms with van der Waals surface area (Å²) < 4.78 is 13.4. The van der Waals surface area contributed by atoms with Crippen molar-refractivity contribution in [3.8, 4) is 0 Å². The molecule has 3 aromatic rings. The van der Waals surface area contributed by atoms with Gasteiger partial charge < -0.3 is 10.2 Å². The second-order valence-electron chi connectivity index (χ2n) is 8.66. The number of amides is 4. The molecule has 2 N–H and O–H groups in total. The van der Waals surface area contributed by atoms with Gasteiger partial charge >= 0.3 is 12.1 Å². The number of halogens is 3. The van der Waals surface area contributed by atoms with Gasteiger partial charge in [-0.3, -0.25) is 10.1 Å². The number of urea groups is 2. The molecule has 1 aliphatic heterocycles. The Hall–Kier alpha value is -3.33. The lowest BCUT2D eigenvalue weighted by atomic mass is 9.99. The molecule has 0 unspecified atom stereocenters. The van der Waals surface area contributed by atoms with Crippen molar-refractivity contribution in [1.29, 1.82) is 0 Å². The summed E-state index contributed by atoms with van der Waals surface area (Å²) in [7, 11) is 0. The van der Waals surface area contributed by atoms with Gasteiger partial charge in [-0.2, -0.15) is 5.06 Å². The molecule has 1 saturated heterocycles. The summed E-state index contributed by atoms with van der Waals surface area (Å²) in [5.41, 5.74) is 0.388. The minimum absolute atomic E-state index is 0.128. The number of benzene rings is 3. The molecule has 1 atom stereocenters. The van der Waals surface area contributed by atoms with Crippen LogP contribution in [-0.4, -0.2) is 38.9 Å². The number of anilines is 2. The summed E-state index contributed by atoms with van der Waals surface area (Å²) in [6, 6.07) is 17.5. The molecular formula is C25H23Cl2FN4O3. The van der Waals surface area contributed by atoms with Gasteiger partial charge in [-0.1, -0.05) is 47.5 Å². The van der Waals surface area contributed by atoms with E-state index in [-0.39, 0.29) is 6.54 Å². The third-order valence-corrected chi connectivity index (χ3v) is 6.34. The Kier molecular flexibility index (Phi) is 6.89. The average molecular weight is 517 g/mol. The van der Waals surface area contributed by atoms with Gasteiger partial charge in [0.1, 0.15) is 5.82 Å². The molecule has 4 rings (SSSR count). The lowest BCUT2D eigenvalue weighted by Gasteiger charge is -2.38. The first-order valence-electron chi connectivity index (χ1n) is 10.7. The molecule has 4 amide bonds. The number of rotatable bonds is 5. The predicted molar refractivity (Wildman–Crippen MR) is 133 cm³/mol. The fraction of sp³-hybridized carbons (Fsp3) is 0.200. The van der Waals surface area contributed by atoms with Gasteiger partial charge in [0.25, 0.3) is 0 Å². The van der Waals surface area contributed by atoms with E-state index < -0.39 is 29.6 Å². The van der Waals surface area contributed by atoms with E-state index in [1.54, 1.807) is 68.4 Å². The molecule has 1 aliphatic rings. The molecule has 35 heavy (non-hydrogen) atoms. The smallest absolute Gasteiger partial charge is 0.311 e. The quantitative estimate of drug-likeness (QED) is 0.296. The summed E-state index contributed by atoms with van der Waals surface area (Å²) in [4.78, 5) is 29.6. The third kappa shape index (κ3) is 5.05. The molecule has 3 aromatic carbocycles. The van der Waals surface area contributed by atoms with Crippen LogP contribution in [0.4, 0.5) is 25.4 Å². The first-order chi connectivity index (χ1) is 16.6. The highest BCUT2D eigenvalue weighted by Crippen LogP contribution is 2.39. The highest BCUT2D eigenvalue weighted by atomic mass is 35.5. The Balaban J connectivity index is 1.71. The summed E-state index contributed by atoms with van der Waals surface area (Å²) in [6.45, 7) is 3.60. The van der Waals surface area contributed by atoms with Crippen LogP contribution >= 0.6 is 23.2 Å². The number of nitrogens with zero attached hydrogens (tertiary/aromatic N) is 3. The maximum Gasteiger partial charge on any atom is 0.347 e. The molecule has 182 valence electrons. The van der Waals surface area contributed by atoms with Crippen LogP contribution in [0.2, 0.25) is 10.0 Å². The maximum atomic E-state index is 13.7. The highest BCUT2D eigenvalue weighted by Gasteiger charge is 2.56. The first kappa shape index (κ1) is 24.8. The van der Waals surface area contributed by atoms with E-state index in [9.17, 15) is 19.2 Å². The van der Waals surface area contributed by atoms with Crippen LogP contribution in [0.5, 0.6) is 0 Å². The fourth-order valence-electron chi connectivity index (χ4n) is 4.12. The molecule has 1 fully saturated rings. The number of carbonyl (C=O) groups excluding carboxylic acids is 2. The van der Waals surface area contributed by atoms with Crippen LogP contribution in [0.3, 0.4) is 0 Å². The Morgan fingerprint density at radius 3 is 2.31 bits per heavy atom. The first-order valence-corrected chi connectivity index (χ1v) is 11.5. The maximum absolute atomic E-state index is 13.7. The lowest BCUT2D eigenvalue weighted by molar-refractivity contribution is -0.0954. The second-order valence-corrected chi connectivity index (χ2v) is 9.53. The van der Waals surface area contributed by atoms with E-state index in [2.05, 4.69) is 5.32 Å². The van der Waals surface area contributed by atoms with Crippen LogP contribution in [-0.2, 0) is 6.54 Å². The molecular weight excluding hydrogens is 494 g/mol. The van der Waals surface area contributed by atoms with Crippen molar-refractivity contribution >= 4 is 46.6 Å². The number of hydroxylamine groups is 2. The largest absolute Gasteiger partial charge is 0.347 e. The average Bonchev–Trinajstić information content (AvgIpc) is 3.00. The van der Waals surface area contributed by atoms with Crippen molar-refractivity contribution in [3.05, 3.63) is 94.2 Å². The van der Waals surface area contributed by atoms with Crippen molar-refractivity contribution in [2.75, 3.05) is 10.2 Å². The molecule has 0 radical (unpaired) electrons. The fourth-order valence-corrected chi connectivity index (χ4v) is 4.50. The van der Waals surface area contributed by atoms with E-state index in [1.807, 2.05) is 0 Å². The molecule has 0 spiro atoms. The second kappa shape index (κ2) is 9.73. The normalized spacial score (nSPS) is 17.0. The molecule has 0 saturated carbocycles. The topological polar surface area (TPSA) is 76.1 Å². The third-order valence-electron chi connectivity index (χ3n) is 5.87. The van der Waals surface area contributed by atoms with Gasteiger partial charge in [0.05, 0.1) is 5.54 Å². The number of hydrogen-bond donors (Lipinski definition) is 2. The zero-order chi connectivity index (χ0) is 25.3. The van der Waals surface area contributed by atoms with Crippen molar-refractivity contribution in [2.24, 2.45) is 0 Å². The van der Waals surface area contributed by atoms with Gasteiger partial charge in [-0.25, -0.2) is 14.0 Å². The van der Waals surface area contributed by atoms with Gasteiger partial charge in [0.2, 0.25) is 0 Å². The molecule has 0 bridgehead atoms. The van der Waals surface area contributed by atoms with E-state index in [0.29, 0.717) is 32.0 Å². The predicted octanol–water partition coefficient (Wildman–Crippen LogP) is 6.60. The molecule has 0 aromatic heterocycles. The van der Waals surface area contributed by atoms with Gasteiger partial charge in [0, 0.05) is 28.0 Å². The summed E-state index contributed by atoms with van der Waals surface area (Å²) >= 11 is 12.2. The van der Waals surface area contributed by atoms with Crippen molar-refractivity contribution in [2.45, 2.75) is 32.1 Å². The molecule has 7 nitrogen and oxygen atoms in total. The Morgan fingerprint density at radius 1 is 1.06 bits per heavy atom. The number of hydrogen-bond acceptors (Lipinski definition) is 3. The Bertz CT molecular complexity index is 1260. The minimum atomic E-state index is -1.13. The zero-order valence-electron chi connectivity index (χ0n) is 19.0. The molecule has 0 aliphatic carbocycles. The van der Waals surface area contributed by atoms with Crippen LogP contribution < -0.4 is 10.2 Å². The molecule has 1 heterocycles. The SMILES string of the molecule is CC1(C)[C@H](N(O)C(=O)Nc2cccc(Cl)c2)N(c2cccc(Cl)c2)C(=O)N1Cc1ccc(F)cc1. The number of nitrogens with one attached hydrogen (secondary N) is 1. The highest BCUT2D eigenvalue weighted by molar-refractivity contribution is 6.31. The van der Waals surface area contributed by atoms with Crippen molar-refractivity contribution in [1.82, 2.24) is 9.96 Å². The Labute approximate surface area is 212 Å². The number of carbonyl (C=O) groups is 2. The van der Waals surface area contributed by atoms with E-state index in [1.165, 1.54) is 28.0 Å². The minimum Gasteiger partial charge on any atom is -0.311 e. The van der Waals surface area contributed by atoms with Crippen LogP contribution in [0.25, 0.3) is 0 Å². The summed E-state index contributed by atoms with van der Waals surface area (Å²) in [5, 5.41) is 15.0. The van der Waals surface area contributed by atoms with E-state index in [0.717, 1.165) is 0 Å². The van der Waals surface area contributed by atoms with Crippen LogP contribution in [0.1, 0.15) is 19.4 Å². The van der Waals surface area contributed by atoms with Crippen molar-refractivity contribution in [3.63, 3.8) is 0 Å². The zero-order valence-corrected chi connectivity index (χ0v) is 20.5. The van der Waals surface area contributed by atoms with E-state index in [4.69, 9.17) is 23.2 Å². The Morgan fingerprint density at radius 2 is 1.69 bits per heavy atom. The van der Waals surface area contributed by atoms with Gasteiger partial charge in [0.15, 0.2) is 6.17 Å². The van der Waals surface area contributed by atoms with E-state index >= 15 is 0 Å². The molecule has 10 heteroatoms. The summed E-state index contributed by atoms with van der Waals surface area (Å²) in [5.74, 6) is -0.390. The standard InChI is InChI=1S/C25H23Cl2FN4O3/c1-25(2)22(32(35)23(33)29-20-7-3-5-17(26)13-20)31(21-8-4-6-18(27)14-21)24(34)30(25)15-16-9-11-19(28)12-10-16/h3-14,22,35H,15H2,1-2H3,(H,29,33)/t22-/m0/s1. The lowest BCUT2D eigenvalue weighted by Crippen LogP contribution is -2.58.